The molecule has 17 heavy (non-hydrogen) atoms. The fourth-order valence-corrected chi connectivity index (χ4v) is 0. The van der Waals surface area contributed by atoms with Gasteiger partial charge in [-0.25, -0.2) is 0 Å². The van der Waals surface area contributed by atoms with Crippen LogP contribution in [0.2, 0.25) is 0 Å². The smallest absolute Gasteiger partial charge is 3.00 e. The molecule has 0 spiro atoms. The largest absolute Gasteiger partial charge is 3.00 e. The molecule has 0 N–H and O–H groups in total. The van der Waals surface area contributed by atoms with Gasteiger partial charge in [0, 0.05) is 123 Å². The predicted molar refractivity (Wildman–Crippen MR) is 46.7 cm³/mol. The van der Waals surface area contributed by atoms with Crippen molar-refractivity contribution in [2.75, 3.05) is 0 Å². The first kappa shape index (κ1) is 290. The molecule has 0 heterocycles. The molecule has 0 saturated carbocycles. The first-order valence-corrected chi connectivity index (χ1v) is 0. The third-order valence-electron chi connectivity index (χ3n) is 0. The summed E-state index contributed by atoms with van der Waals surface area (Å²) < 4.78 is 0. The monoisotopic (exact) mass is 1160 g/mol. The third-order valence-corrected chi connectivity index (χ3v) is 0. The zero-order valence-corrected chi connectivity index (χ0v) is 31.0. The second kappa shape index (κ2) is 253. The van der Waals surface area contributed by atoms with E-state index in [1.165, 1.54) is 0 Å². The van der Waals surface area contributed by atoms with E-state index in [1.807, 2.05) is 0 Å². The van der Waals surface area contributed by atoms with Crippen molar-refractivity contribution in [2.24, 2.45) is 0 Å². The van der Waals surface area contributed by atoms with Crippen LogP contribution < -0.4 is 0 Å². The van der Waals surface area contributed by atoms with Crippen molar-refractivity contribution in [1.29, 1.82) is 0 Å². The number of hydrogen-bond acceptors (Lipinski definition) is 0. The molecular formula is Al5N3O3SiTa5. The van der Waals surface area contributed by atoms with Crippen LogP contribution in [0.25, 0.3) is 18.5 Å². The van der Waals surface area contributed by atoms with Crippen molar-refractivity contribution in [3.63, 3.8) is 0 Å². The number of nitrogens with zero attached hydrogens (tertiary/aromatic N) is 3. The molecule has 0 aromatic carbocycles. The van der Waals surface area contributed by atoms with E-state index in [1.54, 1.807) is 0 Å². The molecule has 0 aromatic heterocycles. The Kier molecular flexibility index (Phi) is 4310. The Morgan fingerprint density at radius 2 is 0.294 bits per heavy atom. The van der Waals surface area contributed by atoms with Gasteiger partial charge >= 0.3 is 86.8 Å². The van der Waals surface area contributed by atoms with Crippen LogP contribution in [0.3, 0.4) is 0 Å². The molecule has 0 saturated heterocycles. The van der Waals surface area contributed by atoms with Gasteiger partial charge in [-0.2, -0.15) is 0 Å². The standard InChI is InChI=1S/5Al.3N.3O.Si.5Ta/q5*+3;3*-3;3*-2;;;;;;. The zero-order valence-electron chi connectivity index (χ0n) is 8.19. The van der Waals surface area contributed by atoms with Gasteiger partial charge in [0.05, 0.1) is 0 Å². The quantitative estimate of drug-likeness (QED) is 0.250. The molecule has 0 atom stereocenters. The van der Waals surface area contributed by atoms with Crippen LogP contribution in [0.5, 0.6) is 0 Å². The number of rotatable bonds is 0. The normalized spacial score (nSPS) is 0. The summed E-state index contributed by atoms with van der Waals surface area (Å²) in [7, 11) is 0. The molecule has 0 aliphatic carbocycles. The Balaban J connectivity index is 0. The summed E-state index contributed by atoms with van der Waals surface area (Å²) in [6.45, 7) is 0. The summed E-state index contributed by atoms with van der Waals surface area (Å²) >= 11 is 0. The SMILES string of the molecule is [Al+3].[Al+3].[Al+3].[Al+3].[Al+3].[N-3].[N-3].[N-3].[O-2].[O-2].[O-2].[Si].[Ta].[Ta].[Ta].[Ta].[Ta]. The topological polar surface area (TPSA) is 177 Å². The van der Waals surface area contributed by atoms with Crippen molar-refractivity contribution in [3.8, 4) is 0 Å². The molecule has 6 nitrogen and oxygen atoms in total. The van der Waals surface area contributed by atoms with E-state index in [-0.39, 0.29) is 245 Å². The van der Waals surface area contributed by atoms with E-state index in [9.17, 15) is 0 Å². The average Bonchev–Trinajstić information content (AvgIpc) is 0. The minimum atomic E-state index is 0. The van der Waals surface area contributed by atoms with Gasteiger partial charge in [0.15, 0.2) is 0 Å². The molecule has 0 aromatic rings. The Morgan fingerprint density at radius 3 is 0.294 bits per heavy atom. The van der Waals surface area contributed by atoms with Gasteiger partial charge in [-0.3, -0.25) is 0 Å². The minimum absolute atomic E-state index is 0. The second-order valence-corrected chi connectivity index (χ2v) is 0. The summed E-state index contributed by atoms with van der Waals surface area (Å²) in [6.07, 6.45) is 0. The maximum atomic E-state index is 0. The van der Waals surface area contributed by atoms with E-state index in [2.05, 4.69) is 0 Å². The first-order valence-electron chi connectivity index (χ1n) is 0. The predicted octanol–water partition coefficient (Wildman–Crippen LogP) is -1.79. The molecule has 0 aliphatic rings. The Morgan fingerprint density at radius 1 is 0.294 bits per heavy atom. The molecule has 0 bridgehead atoms. The summed E-state index contributed by atoms with van der Waals surface area (Å²) in [5.41, 5.74) is 0. The van der Waals surface area contributed by atoms with Crippen LogP contribution in [0.1, 0.15) is 0 Å². The van der Waals surface area contributed by atoms with Crippen LogP contribution in [0.4, 0.5) is 0 Å². The van der Waals surface area contributed by atoms with Crippen molar-refractivity contribution < 1.29 is 128 Å². The van der Waals surface area contributed by atoms with E-state index in [4.69, 9.17) is 0 Å². The van der Waals surface area contributed by atoms with Crippen molar-refractivity contribution in [1.82, 2.24) is 0 Å². The van der Waals surface area contributed by atoms with Crippen LogP contribution in [0.15, 0.2) is 0 Å². The third kappa shape index (κ3) is 230. The van der Waals surface area contributed by atoms with E-state index in [0.717, 1.165) is 0 Å². The molecular weight excluding hydrogens is 1160 g/mol. The van der Waals surface area contributed by atoms with Crippen LogP contribution in [-0.4, -0.2) is 97.8 Å². The zero-order chi connectivity index (χ0) is 0. The van der Waals surface area contributed by atoms with Crippen LogP contribution >= 0.6 is 0 Å². The molecule has 0 unspecified atom stereocenters. The van der Waals surface area contributed by atoms with Crippen LogP contribution in [-0.2, 0) is 128 Å². The van der Waals surface area contributed by atoms with Gasteiger partial charge in [0.2, 0.25) is 0 Å². The fraction of sp³-hybridized carbons (Fsp3) is 0. The Bertz CT molecular complexity index is 36.8. The summed E-state index contributed by atoms with van der Waals surface area (Å²) in [6, 6.07) is 0. The van der Waals surface area contributed by atoms with Gasteiger partial charge < -0.3 is 34.9 Å². The molecule has 0 amide bonds. The summed E-state index contributed by atoms with van der Waals surface area (Å²) in [5.74, 6) is 0. The Hall–Kier alpha value is 6.34. The van der Waals surface area contributed by atoms with E-state index < -0.39 is 0 Å². The Labute approximate surface area is 240 Å². The number of hydrogen-bond donors (Lipinski definition) is 0. The van der Waals surface area contributed by atoms with Crippen molar-refractivity contribution in [2.45, 2.75) is 0 Å². The van der Waals surface area contributed by atoms with Gasteiger partial charge in [-0.05, 0) is 0 Å². The second-order valence-electron chi connectivity index (χ2n) is 0. The maximum Gasteiger partial charge on any atom is 3.00 e. The molecule has 77 valence electrons. The van der Waals surface area contributed by atoms with E-state index in [0.29, 0.717) is 0 Å². The molecule has 17 heteroatoms. The van der Waals surface area contributed by atoms with Crippen LogP contribution in [0, 0.1) is 0 Å². The van der Waals surface area contributed by atoms with Crippen molar-refractivity contribution in [3.05, 3.63) is 18.5 Å². The fourth-order valence-electron chi connectivity index (χ4n) is 0. The van der Waals surface area contributed by atoms with Gasteiger partial charge in [-0.15, -0.1) is 0 Å². The molecule has 0 fully saturated rings. The maximum absolute atomic E-state index is 0. The molecule has 0 rings (SSSR count). The van der Waals surface area contributed by atoms with Gasteiger partial charge in [-0.1, -0.05) is 0 Å². The summed E-state index contributed by atoms with van der Waals surface area (Å²) in [4.78, 5) is 0. The average molecular weight is 1160 g/mol. The molecule has 9 radical (unpaired) electrons. The van der Waals surface area contributed by atoms with Gasteiger partial charge in [0.1, 0.15) is 0 Å². The first-order chi connectivity index (χ1) is 0. The van der Waals surface area contributed by atoms with Crippen molar-refractivity contribution >= 4 is 97.8 Å². The molecule has 0 aliphatic heterocycles. The van der Waals surface area contributed by atoms with E-state index >= 15 is 0 Å². The minimum Gasteiger partial charge on any atom is -3.00 e. The summed E-state index contributed by atoms with van der Waals surface area (Å²) in [5, 5.41) is 0. The van der Waals surface area contributed by atoms with Gasteiger partial charge in [0.25, 0.3) is 0 Å².